The van der Waals surface area contributed by atoms with Gasteiger partial charge in [-0.2, -0.15) is 0 Å². The molecule has 0 radical (unpaired) electrons. The van der Waals surface area contributed by atoms with Gasteiger partial charge in [0.15, 0.2) is 0 Å². The molecule has 0 N–H and O–H groups in total. The molecule has 0 aliphatic rings. The van der Waals surface area contributed by atoms with Gasteiger partial charge in [0, 0.05) is 20.2 Å². The number of aromatic nitrogens is 1. The lowest BCUT2D eigenvalue weighted by Crippen LogP contribution is -1.82. The fourth-order valence-electron chi connectivity index (χ4n) is 4.30. The van der Waals surface area contributed by atoms with Gasteiger partial charge in [0.1, 0.15) is 6.20 Å². The predicted octanol–water partition coefficient (Wildman–Crippen LogP) is 9.00. The summed E-state index contributed by atoms with van der Waals surface area (Å²) in [6, 6.07) is 36.3. The van der Waals surface area contributed by atoms with Gasteiger partial charge in [0.05, 0.1) is 0 Å². The Bertz CT molecular complexity index is 1670. The summed E-state index contributed by atoms with van der Waals surface area (Å²) in [5.41, 5.74) is 6.94. The first-order chi connectivity index (χ1) is 16.3. The standard InChI is InChI=1S/C30H18N2S/c1-31-30-19-25(14-15-32-30)22-9-5-8-21(16-22)24-11-13-27-26-12-10-23(20-6-3-2-4-7-20)17-28(26)33-29(27)18-24/h2-19H. The van der Waals surface area contributed by atoms with Crippen LogP contribution < -0.4 is 0 Å². The molecule has 33 heavy (non-hydrogen) atoms. The zero-order valence-corrected chi connectivity index (χ0v) is 18.5. The average molecular weight is 439 g/mol. The van der Waals surface area contributed by atoms with Crippen molar-refractivity contribution in [3.05, 3.63) is 121 Å². The second-order valence-corrected chi connectivity index (χ2v) is 9.07. The second kappa shape index (κ2) is 8.02. The Labute approximate surface area is 196 Å². The molecule has 3 heteroatoms. The average Bonchev–Trinajstić information content (AvgIpc) is 3.26. The second-order valence-electron chi connectivity index (χ2n) is 7.99. The van der Waals surface area contributed by atoms with Gasteiger partial charge in [-0.1, -0.05) is 79.4 Å². The summed E-state index contributed by atoms with van der Waals surface area (Å²) in [4.78, 5) is 7.55. The third kappa shape index (κ3) is 3.57. The van der Waals surface area contributed by atoms with Crippen LogP contribution in [0.2, 0.25) is 0 Å². The number of hydrogen-bond acceptors (Lipinski definition) is 2. The minimum absolute atomic E-state index is 0.416. The van der Waals surface area contributed by atoms with Gasteiger partial charge >= 0.3 is 0 Å². The summed E-state index contributed by atoms with van der Waals surface area (Å²) in [7, 11) is 0. The van der Waals surface area contributed by atoms with E-state index in [0.29, 0.717) is 5.82 Å². The van der Waals surface area contributed by atoms with E-state index in [1.165, 1.54) is 36.9 Å². The van der Waals surface area contributed by atoms with Crippen LogP contribution in [0.5, 0.6) is 0 Å². The highest BCUT2D eigenvalue weighted by molar-refractivity contribution is 7.25. The highest BCUT2D eigenvalue weighted by atomic mass is 32.1. The minimum Gasteiger partial charge on any atom is -0.361 e. The van der Waals surface area contributed by atoms with Crippen LogP contribution in [0.3, 0.4) is 0 Å². The first kappa shape index (κ1) is 19.4. The highest BCUT2D eigenvalue weighted by Crippen LogP contribution is 2.38. The first-order valence-electron chi connectivity index (χ1n) is 10.7. The minimum atomic E-state index is 0.416. The molecule has 6 aromatic rings. The molecule has 2 nitrogen and oxygen atoms in total. The lowest BCUT2D eigenvalue weighted by molar-refractivity contribution is 1.35. The Hall–Kier alpha value is -4.26. The molecular formula is C30H18N2S. The Kier molecular flexibility index (Phi) is 4.72. The van der Waals surface area contributed by atoms with Crippen molar-refractivity contribution in [2.24, 2.45) is 0 Å². The summed E-state index contributed by atoms with van der Waals surface area (Å²) in [5.74, 6) is 0.416. The van der Waals surface area contributed by atoms with E-state index in [0.717, 1.165) is 16.7 Å². The summed E-state index contributed by atoms with van der Waals surface area (Å²) in [6.07, 6.45) is 1.70. The molecule has 0 atom stereocenters. The maximum atomic E-state index is 7.23. The predicted molar refractivity (Wildman–Crippen MR) is 140 cm³/mol. The van der Waals surface area contributed by atoms with Gasteiger partial charge in [0.2, 0.25) is 0 Å². The molecule has 0 saturated carbocycles. The fourth-order valence-corrected chi connectivity index (χ4v) is 5.49. The number of thiophene rings is 1. The lowest BCUT2D eigenvalue weighted by Gasteiger charge is -2.06. The zero-order chi connectivity index (χ0) is 22.2. The molecule has 0 unspecified atom stereocenters. The van der Waals surface area contributed by atoms with Crippen LogP contribution in [-0.4, -0.2) is 4.98 Å². The molecule has 0 spiro atoms. The van der Waals surface area contributed by atoms with Crippen LogP contribution in [0.25, 0.3) is 58.4 Å². The van der Waals surface area contributed by atoms with Gasteiger partial charge in [-0.15, -0.1) is 16.3 Å². The monoisotopic (exact) mass is 438 g/mol. The molecule has 0 aliphatic carbocycles. The molecule has 4 aromatic carbocycles. The fraction of sp³-hybridized carbons (Fsp3) is 0. The first-order valence-corrected chi connectivity index (χ1v) is 11.6. The number of rotatable bonds is 3. The van der Waals surface area contributed by atoms with E-state index in [-0.39, 0.29) is 0 Å². The summed E-state index contributed by atoms with van der Waals surface area (Å²) < 4.78 is 2.60. The topological polar surface area (TPSA) is 17.2 Å². The van der Waals surface area contributed by atoms with E-state index >= 15 is 0 Å². The van der Waals surface area contributed by atoms with Crippen LogP contribution >= 0.6 is 11.3 Å². The SMILES string of the molecule is [C-]#[N+]c1cc(-c2cccc(-c3ccc4c(c3)sc3cc(-c5ccccc5)ccc34)c2)ccn1. The quantitative estimate of drug-likeness (QED) is 0.252. The van der Waals surface area contributed by atoms with Crippen molar-refractivity contribution in [3.63, 3.8) is 0 Å². The molecule has 0 fully saturated rings. The number of nitrogens with zero attached hydrogens (tertiary/aromatic N) is 2. The number of pyridine rings is 1. The molecule has 0 aliphatic heterocycles. The molecule has 2 aromatic heterocycles. The van der Waals surface area contributed by atoms with E-state index in [2.05, 4.69) is 101 Å². The summed E-state index contributed by atoms with van der Waals surface area (Å²) in [5, 5.41) is 2.60. The van der Waals surface area contributed by atoms with Crippen LogP contribution in [-0.2, 0) is 0 Å². The van der Waals surface area contributed by atoms with Crippen LogP contribution in [0, 0.1) is 6.57 Å². The maximum absolute atomic E-state index is 7.23. The van der Waals surface area contributed by atoms with Gasteiger partial charge < -0.3 is 4.85 Å². The molecule has 2 heterocycles. The van der Waals surface area contributed by atoms with E-state index in [1.54, 1.807) is 6.20 Å². The van der Waals surface area contributed by atoms with Crippen molar-refractivity contribution >= 4 is 37.3 Å². The number of fused-ring (bicyclic) bond motifs is 3. The summed E-state index contributed by atoms with van der Waals surface area (Å²) >= 11 is 1.84. The zero-order valence-electron chi connectivity index (χ0n) is 17.7. The van der Waals surface area contributed by atoms with Crippen LogP contribution in [0.15, 0.2) is 109 Å². The van der Waals surface area contributed by atoms with Gasteiger partial charge in [-0.25, -0.2) is 0 Å². The largest absolute Gasteiger partial charge is 0.361 e. The summed E-state index contributed by atoms with van der Waals surface area (Å²) in [6.45, 7) is 7.23. The number of hydrogen-bond donors (Lipinski definition) is 0. The lowest BCUT2D eigenvalue weighted by atomic mass is 9.98. The third-order valence-electron chi connectivity index (χ3n) is 5.97. The van der Waals surface area contributed by atoms with Crippen molar-refractivity contribution in [1.29, 1.82) is 0 Å². The van der Waals surface area contributed by atoms with Crippen molar-refractivity contribution in [3.8, 4) is 33.4 Å². The van der Waals surface area contributed by atoms with E-state index < -0.39 is 0 Å². The smallest absolute Gasteiger partial charge is 0.270 e. The maximum Gasteiger partial charge on any atom is 0.270 e. The van der Waals surface area contributed by atoms with Gasteiger partial charge in [0.25, 0.3) is 5.82 Å². The van der Waals surface area contributed by atoms with Crippen molar-refractivity contribution < 1.29 is 0 Å². The third-order valence-corrected chi connectivity index (χ3v) is 7.09. The molecule has 0 bridgehead atoms. The Balaban J connectivity index is 1.42. The molecular weight excluding hydrogens is 420 g/mol. The van der Waals surface area contributed by atoms with Crippen molar-refractivity contribution in [2.45, 2.75) is 0 Å². The van der Waals surface area contributed by atoms with E-state index in [4.69, 9.17) is 6.57 Å². The van der Waals surface area contributed by atoms with E-state index in [1.807, 2.05) is 23.5 Å². The van der Waals surface area contributed by atoms with Gasteiger partial charge in [-0.05, 0) is 63.7 Å². The highest BCUT2D eigenvalue weighted by Gasteiger charge is 2.09. The van der Waals surface area contributed by atoms with Crippen LogP contribution in [0.1, 0.15) is 0 Å². The molecule has 154 valence electrons. The molecule has 6 rings (SSSR count). The van der Waals surface area contributed by atoms with Crippen LogP contribution in [0.4, 0.5) is 5.82 Å². The number of benzene rings is 4. The van der Waals surface area contributed by atoms with Crippen molar-refractivity contribution in [1.82, 2.24) is 4.98 Å². The van der Waals surface area contributed by atoms with Gasteiger partial charge in [-0.3, -0.25) is 0 Å². The molecule has 0 saturated heterocycles. The molecule has 0 amide bonds. The van der Waals surface area contributed by atoms with E-state index in [9.17, 15) is 0 Å². The Morgan fingerprint density at radius 2 is 1.12 bits per heavy atom. The van der Waals surface area contributed by atoms with Crippen molar-refractivity contribution in [2.75, 3.05) is 0 Å². The Morgan fingerprint density at radius 3 is 1.79 bits per heavy atom. The Morgan fingerprint density at radius 1 is 0.545 bits per heavy atom. The normalized spacial score (nSPS) is 11.0.